The molecule has 0 spiro atoms. The number of benzene rings is 1. The Bertz CT molecular complexity index is 425. The molecule has 3 nitrogen and oxygen atoms in total. The molecule has 0 saturated heterocycles. The van der Waals surface area contributed by atoms with Crippen molar-refractivity contribution >= 4 is 15.9 Å². The van der Waals surface area contributed by atoms with Crippen molar-refractivity contribution < 1.29 is 22.6 Å². The average molecular weight is 356 g/mol. The number of hydrogen-bond acceptors (Lipinski definition) is 3. The van der Waals surface area contributed by atoms with Gasteiger partial charge in [0.05, 0.1) is 11.1 Å². The Balaban J connectivity index is 2.37. The van der Waals surface area contributed by atoms with Crippen molar-refractivity contribution in [3.05, 3.63) is 28.2 Å². The van der Waals surface area contributed by atoms with E-state index in [1.54, 1.807) is 6.07 Å². The second kappa shape index (κ2) is 7.85. The lowest BCUT2D eigenvalue weighted by Gasteiger charge is -2.12. The van der Waals surface area contributed by atoms with E-state index >= 15 is 0 Å². The van der Waals surface area contributed by atoms with Crippen molar-refractivity contribution in [2.45, 2.75) is 25.6 Å². The Morgan fingerprint density at radius 1 is 1.30 bits per heavy atom. The largest absolute Gasteiger partial charge is 0.490 e. The van der Waals surface area contributed by atoms with Crippen LogP contribution >= 0.6 is 15.9 Å². The minimum Gasteiger partial charge on any atom is -0.490 e. The Kier molecular flexibility index (Phi) is 6.78. The SMILES string of the molecule is CC(N)Cc1ccc(OCCOCC(F)(F)F)c(Br)c1. The number of hydrogen-bond donors (Lipinski definition) is 1. The van der Waals surface area contributed by atoms with E-state index in [4.69, 9.17) is 10.5 Å². The molecule has 0 aliphatic rings. The first-order valence-electron chi connectivity index (χ1n) is 6.09. The zero-order valence-electron chi connectivity index (χ0n) is 11.0. The van der Waals surface area contributed by atoms with Crippen molar-refractivity contribution in [2.24, 2.45) is 5.73 Å². The van der Waals surface area contributed by atoms with Crippen LogP contribution in [0.25, 0.3) is 0 Å². The smallest absolute Gasteiger partial charge is 0.411 e. The van der Waals surface area contributed by atoms with Crippen molar-refractivity contribution in [3.63, 3.8) is 0 Å². The molecule has 0 radical (unpaired) electrons. The van der Waals surface area contributed by atoms with E-state index in [1.807, 2.05) is 19.1 Å². The third-order valence-electron chi connectivity index (χ3n) is 2.30. The fraction of sp³-hybridized carbons (Fsp3) is 0.538. The third kappa shape index (κ3) is 7.12. The monoisotopic (exact) mass is 355 g/mol. The molecule has 0 heterocycles. The zero-order chi connectivity index (χ0) is 15.2. The van der Waals surface area contributed by atoms with E-state index < -0.39 is 12.8 Å². The number of alkyl halides is 3. The van der Waals surface area contributed by atoms with E-state index in [0.29, 0.717) is 5.75 Å². The van der Waals surface area contributed by atoms with Crippen LogP contribution in [-0.4, -0.2) is 32.0 Å². The predicted octanol–water partition coefficient (Wildman–Crippen LogP) is 3.30. The molecule has 0 aliphatic heterocycles. The molecule has 0 amide bonds. The van der Waals surface area contributed by atoms with Crippen LogP contribution in [-0.2, 0) is 11.2 Å². The molecule has 0 aromatic heterocycles. The van der Waals surface area contributed by atoms with Crippen molar-refractivity contribution in [1.82, 2.24) is 0 Å². The van der Waals surface area contributed by atoms with Crippen molar-refractivity contribution in [1.29, 1.82) is 0 Å². The summed E-state index contributed by atoms with van der Waals surface area (Å²) in [5, 5.41) is 0. The second-order valence-corrected chi connectivity index (χ2v) is 5.32. The molecule has 1 atom stereocenters. The van der Waals surface area contributed by atoms with Gasteiger partial charge >= 0.3 is 6.18 Å². The van der Waals surface area contributed by atoms with Crippen LogP contribution < -0.4 is 10.5 Å². The van der Waals surface area contributed by atoms with Gasteiger partial charge < -0.3 is 15.2 Å². The molecular weight excluding hydrogens is 339 g/mol. The molecule has 7 heteroatoms. The lowest BCUT2D eigenvalue weighted by atomic mass is 10.1. The Morgan fingerprint density at radius 3 is 2.55 bits per heavy atom. The fourth-order valence-electron chi connectivity index (χ4n) is 1.56. The van der Waals surface area contributed by atoms with E-state index in [-0.39, 0.29) is 19.3 Å². The average Bonchev–Trinajstić information content (AvgIpc) is 2.29. The molecule has 0 aliphatic carbocycles. The maximum Gasteiger partial charge on any atom is 0.411 e. The summed E-state index contributed by atoms with van der Waals surface area (Å²) in [6, 6.07) is 5.57. The van der Waals surface area contributed by atoms with E-state index in [2.05, 4.69) is 20.7 Å². The highest BCUT2D eigenvalue weighted by atomic mass is 79.9. The van der Waals surface area contributed by atoms with Gasteiger partial charge in [-0.25, -0.2) is 0 Å². The van der Waals surface area contributed by atoms with Gasteiger partial charge in [0.1, 0.15) is 19.0 Å². The molecule has 1 aromatic rings. The van der Waals surface area contributed by atoms with Crippen LogP contribution in [0.1, 0.15) is 12.5 Å². The summed E-state index contributed by atoms with van der Waals surface area (Å²) in [5.74, 6) is 0.564. The molecule has 1 unspecified atom stereocenters. The lowest BCUT2D eigenvalue weighted by molar-refractivity contribution is -0.175. The molecule has 0 saturated carbocycles. The first-order chi connectivity index (χ1) is 9.28. The van der Waals surface area contributed by atoms with Crippen LogP contribution in [0, 0.1) is 0 Å². The first-order valence-corrected chi connectivity index (χ1v) is 6.88. The van der Waals surface area contributed by atoms with Gasteiger partial charge in [-0.05, 0) is 47.0 Å². The molecule has 0 fully saturated rings. The van der Waals surface area contributed by atoms with Gasteiger partial charge in [-0.1, -0.05) is 6.07 Å². The third-order valence-corrected chi connectivity index (χ3v) is 2.92. The molecule has 20 heavy (non-hydrogen) atoms. The molecule has 1 aromatic carbocycles. The summed E-state index contributed by atoms with van der Waals surface area (Å²) in [4.78, 5) is 0. The Labute approximate surface area is 124 Å². The van der Waals surface area contributed by atoms with Gasteiger partial charge in [-0.2, -0.15) is 13.2 Å². The molecular formula is C13H17BrF3NO2. The van der Waals surface area contributed by atoms with Gasteiger partial charge in [-0.3, -0.25) is 0 Å². The number of ether oxygens (including phenoxy) is 2. The summed E-state index contributed by atoms with van der Waals surface area (Å²) < 4.78 is 46.0. The summed E-state index contributed by atoms with van der Waals surface area (Å²) in [6.07, 6.45) is -3.56. The van der Waals surface area contributed by atoms with E-state index in [9.17, 15) is 13.2 Å². The van der Waals surface area contributed by atoms with Crippen molar-refractivity contribution in [2.75, 3.05) is 19.8 Å². The fourth-order valence-corrected chi connectivity index (χ4v) is 2.10. The Hall–Kier alpha value is -0.790. The Morgan fingerprint density at radius 2 is 2.00 bits per heavy atom. The standard InChI is InChI=1S/C13H17BrF3NO2/c1-9(18)6-10-2-3-12(11(14)7-10)20-5-4-19-8-13(15,16)17/h2-3,7,9H,4-6,8,18H2,1H3. The maximum atomic E-state index is 11.8. The maximum absolute atomic E-state index is 11.8. The van der Waals surface area contributed by atoms with Crippen LogP contribution in [0.5, 0.6) is 5.75 Å². The van der Waals surface area contributed by atoms with Gasteiger partial charge in [0.2, 0.25) is 0 Å². The van der Waals surface area contributed by atoms with Crippen LogP contribution in [0.3, 0.4) is 0 Å². The lowest BCUT2D eigenvalue weighted by Crippen LogP contribution is -2.19. The summed E-state index contributed by atoms with van der Waals surface area (Å²) >= 11 is 3.35. The van der Waals surface area contributed by atoms with Gasteiger partial charge in [0.15, 0.2) is 0 Å². The van der Waals surface area contributed by atoms with Gasteiger partial charge in [-0.15, -0.1) is 0 Å². The second-order valence-electron chi connectivity index (χ2n) is 4.46. The number of nitrogens with two attached hydrogens (primary N) is 1. The normalized spacial score (nSPS) is 13.3. The molecule has 1 rings (SSSR count). The molecule has 114 valence electrons. The highest BCUT2D eigenvalue weighted by molar-refractivity contribution is 9.10. The quantitative estimate of drug-likeness (QED) is 0.763. The van der Waals surface area contributed by atoms with Gasteiger partial charge in [0, 0.05) is 6.04 Å². The zero-order valence-corrected chi connectivity index (χ0v) is 12.6. The highest BCUT2D eigenvalue weighted by Crippen LogP contribution is 2.26. The minimum absolute atomic E-state index is 0.0569. The highest BCUT2D eigenvalue weighted by Gasteiger charge is 2.27. The van der Waals surface area contributed by atoms with Crippen LogP contribution in [0.4, 0.5) is 13.2 Å². The number of rotatable bonds is 7. The molecule has 2 N–H and O–H groups in total. The summed E-state index contributed by atoms with van der Waals surface area (Å²) in [5.41, 5.74) is 6.77. The molecule has 0 bridgehead atoms. The van der Waals surface area contributed by atoms with Gasteiger partial charge in [0.25, 0.3) is 0 Å². The van der Waals surface area contributed by atoms with E-state index in [1.165, 1.54) is 0 Å². The summed E-state index contributed by atoms with van der Waals surface area (Å²) in [6.45, 7) is 0.593. The van der Waals surface area contributed by atoms with Crippen molar-refractivity contribution in [3.8, 4) is 5.75 Å². The summed E-state index contributed by atoms with van der Waals surface area (Å²) in [7, 11) is 0. The topological polar surface area (TPSA) is 44.5 Å². The van der Waals surface area contributed by atoms with Crippen LogP contribution in [0.15, 0.2) is 22.7 Å². The minimum atomic E-state index is -4.30. The van der Waals surface area contributed by atoms with E-state index in [0.717, 1.165) is 16.5 Å². The first kappa shape index (κ1) is 17.3. The predicted molar refractivity (Wildman–Crippen MR) is 73.9 cm³/mol. The van der Waals surface area contributed by atoms with Crippen LogP contribution in [0.2, 0.25) is 0 Å². The number of halogens is 4.